The van der Waals surface area contributed by atoms with Crippen LogP contribution in [0.4, 0.5) is 4.79 Å². The van der Waals surface area contributed by atoms with Crippen molar-refractivity contribution in [2.75, 3.05) is 27.3 Å². The van der Waals surface area contributed by atoms with Crippen LogP contribution in [0.15, 0.2) is 42.5 Å². The lowest BCUT2D eigenvalue weighted by Crippen LogP contribution is -2.54. The number of benzene rings is 2. The number of hydrogen-bond donors (Lipinski definition) is 2. The number of nitrogens with one attached hydrogen (secondary N) is 2. The molecule has 0 bridgehead atoms. The Morgan fingerprint density at radius 2 is 1.62 bits per heavy atom. The Balaban J connectivity index is 1.43. The number of nitrogens with zero attached hydrogens (tertiary/aromatic N) is 1. The third kappa shape index (κ3) is 4.21. The highest BCUT2D eigenvalue weighted by Crippen LogP contribution is 2.31. The van der Waals surface area contributed by atoms with Crippen molar-refractivity contribution in [2.45, 2.75) is 25.3 Å². The molecule has 0 radical (unpaired) electrons. The van der Waals surface area contributed by atoms with Gasteiger partial charge in [-0.1, -0.05) is 12.1 Å². The van der Waals surface area contributed by atoms with E-state index in [9.17, 15) is 19.2 Å². The highest BCUT2D eigenvalue weighted by atomic mass is 16.5. The molecule has 2 aliphatic heterocycles. The molecule has 1 unspecified atom stereocenters. The Hall–Kier alpha value is -3.88. The van der Waals surface area contributed by atoms with Crippen LogP contribution in [0, 0.1) is 5.92 Å². The third-order valence-corrected chi connectivity index (χ3v) is 6.72. The molecule has 0 aliphatic carbocycles. The highest BCUT2D eigenvalue weighted by Gasteiger charge is 2.48. The quantitative estimate of drug-likeness (QED) is 0.500. The van der Waals surface area contributed by atoms with Gasteiger partial charge in [0.05, 0.1) is 19.8 Å². The van der Waals surface area contributed by atoms with Gasteiger partial charge in [0.2, 0.25) is 0 Å². The standard InChI is InChI=1S/C25H27N3O6/c1-25(23(31)26-24(32)27-25)17-10-12-28(13-11-17)22(30)16-6-4-15(5-7-16)21(29)19-14-18(33-2)8-9-20(19)34-3/h4-9,14,17H,10-13H2,1-3H3,(H2,26,27,31,32). The highest BCUT2D eigenvalue weighted by molar-refractivity contribution is 6.11. The molecule has 2 heterocycles. The number of ketones is 1. The summed E-state index contributed by atoms with van der Waals surface area (Å²) in [7, 11) is 3.02. The minimum absolute atomic E-state index is 0.0548. The smallest absolute Gasteiger partial charge is 0.322 e. The summed E-state index contributed by atoms with van der Waals surface area (Å²) in [5.74, 6) is 0.232. The fourth-order valence-electron chi connectivity index (χ4n) is 4.60. The van der Waals surface area contributed by atoms with E-state index in [0.717, 1.165) is 0 Å². The Bertz CT molecular complexity index is 1140. The number of methoxy groups -OCH3 is 2. The predicted molar refractivity (Wildman–Crippen MR) is 123 cm³/mol. The van der Waals surface area contributed by atoms with E-state index in [1.165, 1.54) is 14.2 Å². The van der Waals surface area contributed by atoms with Crippen LogP contribution in [0.2, 0.25) is 0 Å². The monoisotopic (exact) mass is 465 g/mol. The number of hydrogen-bond acceptors (Lipinski definition) is 6. The summed E-state index contributed by atoms with van der Waals surface area (Å²) in [4.78, 5) is 51.5. The van der Waals surface area contributed by atoms with E-state index in [4.69, 9.17) is 9.47 Å². The minimum atomic E-state index is -0.949. The van der Waals surface area contributed by atoms with Crippen LogP contribution < -0.4 is 20.1 Å². The fraction of sp³-hybridized carbons (Fsp3) is 0.360. The van der Waals surface area contributed by atoms with Gasteiger partial charge in [0, 0.05) is 24.2 Å². The number of piperidine rings is 1. The molecule has 2 aromatic carbocycles. The van der Waals surface area contributed by atoms with Crippen LogP contribution in [0.5, 0.6) is 11.5 Å². The maximum absolute atomic E-state index is 13.0. The number of carbonyl (C=O) groups is 4. The molecule has 34 heavy (non-hydrogen) atoms. The Kier molecular flexibility index (Phi) is 6.28. The number of imide groups is 1. The summed E-state index contributed by atoms with van der Waals surface area (Å²) in [6, 6.07) is 11.1. The lowest BCUT2D eigenvalue weighted by Gasteiger charge is -2.38. The number of ether oxygens (including phenoxy) is 2. The molecule has 2 N–H and O–H groups in total. The van der Waals surface area contributed by atoms with Crippen molar-refractivity contribution >= 4 is 23.6 Å². The maximum atomic E-state index is 13.0. The van der Waals surface area contributed by atoms with Gasteiger partial charge in [0.1, 0.15) is 17.0 Å². The first-order chi connectivity index (χ1) is 16.3. The van der Waals surface area contributed by atoms with Crippen LogP contribution >= 0.6 is 0 Å². The van der Waals surface area contributed by atoms with Crippen molar-refractivity contribution in [3.05, 3.63) is 59.2 Å². The number of rotatable bonds is 6. The average molecular weight is 466 g/mol. The summed E-state index contributed by atoms with van der Waals surface area (Å²) in [6.07, 6.45) is 1.20. The normalized spacial score (nSPS) is 20.5. The first-order valence-corrected chi connectivity index (χ1v) is 11.1. The molecule has 2 aromatic rings. The van der Waals surface area contributed by atoms with Gasteiger partial charge in [-0.2, -0.15) is 0 Å². The van der Waals surface area contributed by atoms with Crippen LogP contribution in [-0.4, -0.2) is 61.4 Å². The Morgan fingerprint density at radius 1 is 0.971 bits per heavy atom. The van der Waals surface area contributed by atoms with Crippen LogP contribution in [0.25, 0.3) is 0 Å². The van der Waals surface area contributed by atoms with Crippen molar-refractivity contribution in [2.24, 2.45) is 5.92 Å². The molecule has 0 saturated carbocycles. The van der Waals surface area contributed by atoms with Crippen molar-refractivity contribution < 1.29 is 28.7 Å². The second-order valence-corrected chi connectivity index (χ2v) is 8.65. The molecule has 0 aromatic heterocycles. The fourth-order valence-corrected chi connectivity index (χ4v) is 4.60. The van der Waals surface area contributed by atoms with Gasteiger partial charge >= 0.3 is 6.03 Å². The SMILES string of the molecule is COc1ccc(OC)c(C(=O)c2ccc(C(=O)N3CCC(C4(C)NC(=O)NC4=O)CC3)cc2)c1. The largest absolute Gasteiger partial charge is 0.497 e. The number of likely N-dealkylation sites (tertiary alicyclic amines) is 1. The molecule has 2 aliphatic rings. The number of amides is 4. The molecule has 9 nitrogen and oxygen atoms in total. The van der Waals surface area contributed by atoms with E-state index < -0.39 is 11.6 Å². The molecule has 1 atom stereocenters. The predicted octanol–water partition coefficient (Wildman–Crippen LogP) is 2.39. The molecule has 4 amide bonds. The van der Waals surface area contributed by atoms with E-state index in [1.807, 2.05) is 0 Å². The van der Waals surface area contributed by atoms with Crippen molar-refractivity contribution in [1.29, 1.82) is 0 Å². The molecule has 178 valence electrons. The van der Waals surface area contributed by atoms with Crippen molar-refractivity contribution in [3.63, 3.8) is 0 Å². The van der Waals surface area contributed by atoms with Gasteiger partial charge in [-0.05, 0) is 56.0 Å². The van der Waals surface area contributed by atoms with Gasteiger partial charge in [0.25, 0.3) is 11.8 Å². The molecular weight excluding hydrogens is 438 g/mol. The Morgan fingerprint density at radius 3 is 2.18 bits per heavy atom. The molecule has 2 fully saturated rings. The van der Waals surface area contributed by atoms with E-state index >= 15 is 0 Å². The third-order valence-electron chi connectivity index (χ3n) is 6.72. The van der Waals surface area contributed by atoms with Gasteiger partial charge in [-0.3, -0.25) is 19.7 Å². The minimum Gasteiger partial charge on any atom is -0.497 e. The summed E-state index contributed by atoms with van der Waals surface area (Å²) in [5.41, 5.74) is 0.332. The zero-order chi connectivity index (χ0) is 24.5. The second kappa shape index (κ2) is 9.17. The van der Waals surface area contributed by atoms with Crippen molar-refractivity contribution in [1.82, 2.24) is 15.5 Å². The van der Waals surface area contributed by atoms with Gasteiger partial charge in [-0.25, -0.2) is 4.79 Å². The maximum Gasteiger partial charge on any atom is 0.322 e. The van der Waals surface area contributed by atoms with Gasteiger partial charge in [0.15, 0.2) is 5.78 Å². The molecular formula is C25H27N3O6. The summed E-state index contributed by atoms with van der Waals surface area (Å²) < 4.78 is 10.5. The molecule has 4 rings (SSSR count). The zero-order valence-corrected chi connectivity index (χ0v) is 19.3. The van der Waals surface area contributed by atoms with E-state index in [0.29, 0.717) is 54.1 Å². The summed E-state index contributed by atoms with van der Waals surface area (Å²) >= 11 is 0. The number of urea groups is 1. The van der Waals surface area contributed by atoms with Crippen LogP contribution in [0.1, 0.15) is 46.0 Å². The first-order valence-electron chi connectivity index (χ1n) is 11.1. The number of carbonyl (C=O) groups excluding carboxylic acids is 4. The lowest BCUT2D eigenvalue weighted by atomic mass is 9.79. The van der Waals surface area contributed by atoms with E-state index in [-0.39, 0.29) is 23.5 Å². The van der Waals surface area contributed by atoms with E-state index in [2.05, 4.69) is 10.6 Å². The van der Waals surface area contributed by atoms with Crippen molar-refractivity contribution in [3.8, 4) is 11.5 Å². The summed E-state index contributed by atoms with van der Waals surface area (Å²) in [5, 5.41) is 5.01. The Labute approximate surface area is 197 Å². The lowest BCUT2D eigenvalue weighted by molar-refractivity contribution is -0.125. The molecule has 0 spiro atoms. The molecule has 9 heteroatoms. The molecule has 2 saturated heterocycles. The van der Waals surface area contributed by atoms with Crippen LogP contribution in [0.3, 0.4) is 0 Å². The second-order valence-electron chi connectivity index (χ2n) is 8.65. The zero-order valence-electron chi connectivity index (χ0n) is 19.3. The van der Waals surface area contributed by atoms with Crippen LogP contribution in [-0.2, 0) is 4.79 Å². The van der Waals surface area contributed by atoms with Gasteiger partial charge < -0.3 is 19.7 Å². The topological polar surface area (TPSA) is 114 Å². The average Bonchev–Trinajstić information content (AvgIpc) is 3.14. The van der Waals surface area contributed by atoms with E-state index in [1.54, 1.807) is 54.3 Å². The first kappa shape index (κ1) is 23.3. The van der Waals surface area contributed by atoms with Gasteiger partial charge in [-0.15, -0.1) is 0 Å². The summed E-state index contributed by atoms with van der Waals surface area (Å²) in [6.45, 7) is 2.68.